The Morgan fingerprint density at radius 3 is 2.77 bits per heavy atom. The number of ether oxygens (including phenoxy) is 1. The van der Waals surface area contributed by atoms with Crippen LogP contribution < -0.4 is 4.90 Å². The van der Waals surface area contributed by atoms with Crippen molar-refractivity contribution >= 4 is 32.6 Å². The van der Waals surface area contributed by atoms with Gasteiger partial charge in [0.1, 0.15) is 0 Å². The fourth-order valence-electron chi connectivity index (χ4n) is 3.62. The lowest BCUT2D eigenvalue weighted by Gasteiger charge is -2.29. The summed E-state index contributed by atoms with van der Waals surface area (Å²) in [7, 11) is 0. The van der Waals surface area contributed by atoms with Gasteiger partial charge in [0.2, 0.25) is 0 Å². The second kappa shape index (κ2) is 9.24. The summed E-state index contributed by atoms with van der Waals surface area (Å²) < 4.78 is 8.39. The zero-order valence-electron chi connectivity index (χ0n) is 17.9. The van der Waals surface area contributed by atoms with Crippen LogP contribution in [0, 0.1) is 0 Å². The molecule has 3 aromatic rings. The van der Waals surface area contributed by atoms with E-state index in [0.717, 1.165) is 54.6 Å². The van der Waals surface area contributed by atoms with Crippen LogP contribution in [0.1, 0.15) is 42.9 Å². The Morgan fingerprint density at radius 1 is 1.27 bits per heavy atom. The van der Waals surface area contributed by atoms with Gasteiger partial charge in [-0.1, -0.05) is 30.4 Å². The van der Waals surface area contributed by atoms with Crippen LogP contribution in [0.4, 0.5) is 5.13 Å². The summed E-state index contributed by atoms with van der Waals surface area (Å²) in [5.41, 5.74) is 2.66. The number of carbonyl (C=O) groups excluding carboxylic acids is 1. The van der Waals surface area contributed by atoms with Gasteiger partial charge < -0.3 is 4.74 Å². The van der Waals surface area contributed by atoms with E-state index in [2.05, 4.69) is 49.0 Å². The monoisotopic (exact) mass is 427 g/mol. The number of morpholine rings is 1. The minimum Gasteiger partial charge on any atom is -0.379 e. The number of amides is 1. The number of rotatable bonds is 7. The number of para-hydroxylation sites is 1. The van der Waals surface area contributed by atoms with Crippen molar-refractivity contribution in [1.29, 1.82) is 0 Å². The SMILES string of the molecule is CCc1cccc2sc(N(CCN3CCOCC3)C(=O)c3ccn(C(C)C)n3)nc12. The lowest BCUT2D eigenvalue weighted by Crippen LogP contribution is -2.43. The summed E-state index contributed by atoms with van der Waals surface area (Å²) >= 11 is 1.57. The Hall–Kier alpha value is -2.29. The predicted molar refractivity (Wildman–Crippen MR) is 121 cm³/mol. The second-order valence-electron chi connectivity index (χ2n) is 7.80. The van der Waals surface area contributed by atoms with Gasteiger partial charge in [0.05, 0.1) is 23.4 Å². The fraction of sp³-hybridized carbons (Fsp3) is 0.500. The molecule has 2 aromatic heterocycles. The highest BCUT2D eigenvalue weighted by molar-refractivity contribution is 7.22. The standard InChI is InChI=1S/C22H29N5O2S/c1-4-17-6-5-7-19-20(17)23-22(30-19)26(11-10-25-12-14-29-15-13-25)21(28)18-8-9-27(24-18)16(2)3/h5-9,16H,4,10-15H2,1-3H3. The van der Waals surface area contributed by atoms with Gasteiger partial charge in [-0.05, 0) is 38.0 Å². The topological polar surface area (TPSA) is 63.5 Å². The first-order valence-corrected chi connectivity index (χ1v) is 11.4. The molecule has 0 bridgehead atoms. The van der Waals surface area contributed by atoms with E-state index in [-0.39, 0.29) is 11.9 Å². The molecule has 0 saturated carbocycles. The normalized spacial score (nSPS) is 15.2. The van der Waals surface area contributed by atoms with Crippen molar-refractivity contribution in [3.05, 3.63) is 41.7 Å². The molecule has 0 unspecified atom stereocenters. The zero-order valence-corrected chi connectivity index (χ0v) is 18.7. The molecule has 0 N–H and O–H groups in total. The molecule has 1 fully saturated rings. The molecule has 0 radical (unpaired) electrons. The average Bonchev–Trinajstić information content (AvgIpc) is 3.42. The first-order valence-electron chi connectivity index (χ1n) is 10.6. The van der Waals surface area contributed by atoms with E-state index in [1.807, 2.05) is 10.9 Å². The molecule has 4 rings (SSSR count). The summed E-state index contributed by atoms with van der Waals surface area (Å²) in [6, 6.07) is 8.26. The molecule has 1 saturated heterocycles. The minimum atomic E-state index is -0.0974. The number of carbonyl (C=O) groups is 1. The number of fused-ring (bicyclic) bond motifs is 1. The molecule has 0 aliphatic carbocycles. The highest BCUT2D eigenvalue weighted by atomic mass is 32.1. The Bertz CT molecular complexity index is 1010. The zero-order chi connectivity index (χ0) is 21.1. The van der Waals surface area contributed by atoms with E-state index >= 15 is 0 Å². The van der Waals surface area contributed by atoms with Crippen LogP contribution >= 0.6 is 11.3 Å². The minimum absolute atomic E-state index is 0.0974. The molecule has 0 spiro atoms. The van der Waals surface area contributed by atoms with Gasteiger partial charge in [-0.2, -0.15) is 5.10 Å². The molecule has 160 valence electrons. The van der Waals surface area contributed by atoms with Crippen molar-refractivity contribution in [2.75, 3.05) is 44.3 Å². The Labute approximate surface area is 181 Å². The van der Waals surface area contributed by atoms with Crippen molar-refractivity contribution in [2.45, 2.75) is 33.2 Å². The van der Waals surface area contributed by atoms with E-state index in [1.54, 1.807) is 22.3 Å². The van der Waals surface area contributed by atoms with Gasteiger partial charge in [0.15, 0.2) is 10.8 Å². The fourth-order valence-corrected chi connectivity index (χ4v) is 4.66. The third-order valence-corrected chi connectivity index (χ3v) is 6.49. The van der Waals surface area contributed by atoms with Crippen LogP contribution in [-0.4, -0.2) is 65.0 Å². The van der Waals surface area contributed by atoms with Crippen molar-refractivity contribution in [3.63, 3.8) is 0 Å². The Kier molecular flexibility index (Phi) is 6.46. The largest absolute Gasteiger partial charge is 0.379 e. The molecule has 1 aromatic carbocycles. The molecule has 3 heterocycles. The number of hydrogen-bond acceptors (Lipinski definition) is 6. The summed E-state index contributed by atoms with van der Waals surface area (Å²) in [6.07, 6.45) is 2.78. The Morgan fingerprint density at radius 2 is 2.07 bits per heavy atom. The van der Waals surface area contributed by atoms with E-state index in [0.29, 0.717) is 12.2 Å². The van der Waals surface area contributed by atoms with Crippen molar-refractivity contribution in [1.82, 2.24) is 19.7 Å². The first kappa shape index (κ1) is 21.0. The van der Waals surface area contributed by atoms with Crippen molar-refractivity contribution < 1.29 is 9.53 Å². The van der Waals surface area contributed by atoms with Gasteiger partial charge in [-0.25, -0.2) is 4.98 Å². The third kappa shape index (κ3) is 4.40. The predicted octanol–water partition coefficient (Wildman–Crippen LogP) is 3.62. The van der Waals surface area contributed by atoms with Crippen molar-refractivity contribution in [2.24, 2.45) is 0 Å². The van der Waals surface area contributed by atoms with E-state index in [4.69, 9.17) is 9.72 Å². The maximum absolute atomic E-state index is 13.5. The molecule has 0 atom stereocenters. The van der Waals surface area contributed by atoms with Gasteiger partial charge in [-0.3, -0.25) is 19.3 Å². The summed E-state index contributed by atoms with van der Waals surface area (Å²) in [5.74, 6) is -0.0974. The molecule has 1 aliphatic heterocycles. The van der Waals surface area contributed by atoms with Gasteiger partial charge >= 0.3 is 0 Å². The smallest absolute Gasteiger partial charge is 0.280 e. The summed E-state index contributed by atoms with van der Waals surface area (Å²) in [5, 5.41) is 5.25. The second-order valence-corrected chi connectivity index (χ2v) is 8.81. The van der Waals surface area contributed by atoms with Crippen LogP contribution in [-0.2, 0) is 11.2 Å². The molecule has 1 aliphatic rings. The maximum Gasteiger partial charge on any atom is 0.280 e. The Balaban J connectivity index is 1.64. The highest BCUT2D eigenvalue weighted by Gasteiger charge is 2.25. The van der Waals surface area contributed by atoms with E-state index in [9.17, 15) is 4.79 Å². The lowest BCUT2D eigenvalue weighted by atomic mass is 10.1. The molecule has 7 nitrogen and oxygen atoms in total. The van der Waals surface area contributed by atoms with Crippen LogP contribution in [0.5, 0.6) is 0 Å². The quantitative estimate of drug-likeness (QED) is 0.576. The summed E-state index contributed by atoms with van der Waals surface area (Å²) in [4.78, 5) is 22.5. The lowest BCUT2D eigenvalue weighted by molar-refractivity contribution is 0.0391. The molecule has 30 heavy (non-hydrogen) atoms. The van der Waals surface area contributed by atoms with Gasteiger partial charge in [0, 0.05) is 38.4 Å². The molecule has 1 amide bonds. The third-order valence-electron chi connectivity index (χ3n) is 5.45. The van der Waals surface area contributed by atoms with Gasteiger partial charge in [-0.15, -0.1) is 0 Å². The number of thiazole rings is 1. The first-order chi connectivity index (χ1) is 14.6. The van der Waals surface area contributed by atoms with Crippen LogP contribution in [0.3, 0.4) is 0 Å². The average molecular weight is 428 g/mol. The molecular formula is C22H29N5O2S. The number of aryl methyl sites for hydroxylation is 1. The number of hydrogen-bond donors (Lipinski definition) is 0. The number of aromatic nitrogens is 3. The van der Waals surface area contributed by atoms with Crippen molar-refractivity contribution in [3.8, 4) is 0 Å². The maximum atomic E-state index is 13.5. The number of benzene rings is 1. The van der Waals surface area contributed by atoms with Crippen LogP contribution in [0.25, 0.3) is 10.2 Å². The summed E-state index contributed by atoms with van der Waals surface area (Å²) in [6.45, 7) is 10.9. The highest BCUT2D eigenvalue weighted by Crippen LogP contribution is 2.31. The van der Waals surface area contributed by atoms with Crippen LogP contribution in [0.15, 0.2) is 30.5 Å². The molecule has 8 heteroatoms. The van der Waals surface area contributed by atoms with Crippen LogP contribution in [0.2, 0.25) is 0 Å². The molecular weight excluding hydrogens is 398 g/mol. The van der Waals surface area contributed by atoms with E-state index < -0.39 is 0 Å². The van der Waals surface area contributed by atoms with Gasteiger partial charge in [0.25, 0.3) is 5.91 Å². The number of anilines is 1. The van der Waals surface area contributed by atoms with E-state index in [1.165, 1.54) is 5.56 Å². The number of nitrogens with zero attached hydrogens (tertiary/aromatic N) is 5.